The molecule has 2 aliphatic heterocycles. The molecule has 2 atom stereocenters. The molecular weight excluding hydrogens is 384 g/mol. The first kappa shape index (κ1) is 20.1. The van der Waals surface area contributed by atoms with E-state index < -0.39 is 23.9 Å². The zero-order valence-electron chi connectivity index (χ0n) is 13.6. The highest BCUT2D eigenvalue weighted by atomic mass is 32.2. The monoisotopic (exact) mass is 400 g/mol. The number of nitrogens with two attached hydrogens (primary N) is 1. The number of nitrogens with zero attached hydrogens (tertiary/aromatic N) is 1. The molecule has 1 aromatic heterocycles. The summed E-state index contributed by atoms with van der Waals surface area (Å²) in [6, 6.07) is 2.55. The SMILES string of the molecule is CC(=O)OCC1=C(C(=O)O)N2C(=O)C(N)C2SC1.O=C(S)c1ccco1. The number of esters is 1. The molecule has 2 aliphatic rings. The number of carboxylic acids is 1. The van der Waals surface area contributed by atoms with E-state index in [1.165, 1.54) is 29.8 Å². The van der Waals surface area contributed by atoms with Gasteiger partial charge in [0.15, 0.2) is 5.76 Å². The van der Waals surface area contributed by atoms with Crippen molar-refractivity contribution in [3.05, 3.63) is 35.4 Å². The predicted octanol–water partition coefficient (Wildman–Crippen LogP) is 0.480. The maximum absolute atomic E-state index is 11.6. The molecule has 3 rings (SSSR count). The molecule has 0 saturated carbocycles. The lowest BCUT2D eigenvalue weighted by atomic mass is 10.0. The van der Waals surface area contributed by atoms with Gasteiger partial charge in [0.25, 0.3) is 5.12 Å². The number of carboxylic acid groups (broad SMARTS) is 1. The number of furan rings is 1. The second kappa shape index (κ2) is 8.43. The van der Waals surface area contributed by atoms with Crippen molar-refractivity contribution in [1.29, 1.82) is 0 Å². The van der Waals surface area contributed by atoms with Crippen LogP contribution in [0.25, 0.3) is 0 Å². The fourth-order valence-corrected chi connectivity index (χ4v) is 3.68. The first-order valence-corrected chi connectivity index (χ1v) is 8.79. The van der Waals surface area contributed by atoms with Crippen molar-refractivity contribution < 1.29 is 33.4 Å². The van der Waals surface area contributed by atoms with Crippen LogP contribution >= 0.6 is 24.4 Å². The minimum Gasteiger partial charge on any atom is -0.477 e. The molecule has 3 N–H and O–H groups in total. The van der Waals surface area contributed by atoms with Crippen LogP contribution < -0.4 is 5.73 Å². The molecule has 1 saturated heterocycles. The van der Waals surface area contributed by atoms with E-state index in [4.69, 9.17) is 15.6 Å². The highest BCUT2D eigenvalue weighted by Gasteiger charge is 2.51. The second-order valence-electron chi connectivity index (χ2n) is 5.26. The van der Waals surface area contributed by atoms with Crippen molar-refractivity contribution in [3.63, 3.8) is 0 Å². The predicted molar refractivity (Wildman–Crippen MR) is 94.4 cm³/mol. The van der Waals surface area contributed by atoms with E-state index >= 15 is 0 Å². The summed E-state index contributed by atoms with van der Waals surface area (Å²) in [6.45, 7) is 1.13. The van der Waals surface area contributed by atoms with E-state index in [0.29, 0.717) is 11.3 Å². The van der Waals surface area contributed by atoms with Crippen LogP contribution in [-0.4, -0.2) is 56.7 Å². The molecular formula is C15H16N2O7S2. The standard InChI is InChI=1S/C10H12N2O5S.C5H4O2S/c1-4(13)17-2-5-3-18-9-6(11)8(14)12(9)7(5)10(15)16;6-5(8)4-2-1-3-7-4/h6,9H,2-3,11H2,1H3,(H,15,16);1-3H,(H,6,8). The van der Waals surface area contributed by atoms with E-state index in [0.717, 1.165) is 0 Å². The lowest BCUT2D eigenvalue weighted by Gasteiger charge is -2.47. The van der Waals surface area contributed by atoms with Crippen molar-refractivity contribution in [2.45, 2.75) is 18.3 Å². The Labute approximate surface area is 157 Å². The minimum absolute atomic E-state index is 0.105. The number of fused-ring (bicyclic) bond motifs is 1. The van der Waals surface area contributed by atoms with E-state index in [9.17, 15) is 19.2 Å². The number of aliphatic carboxylic acids is 1. The second-order valence-corrected chi connectivity index (χ2v) is 6.77. The van der Waals surface area contributed by atoms with E-state index in [1.54, 1.807) is 12.1 Å². The Morgan fingerprint density at radius 2 is 2.19 bits per heavy atom. The molecule has 2 unspecified atom stereocenters. The van der Waals surface area contributed by atoms with Crippen LogP contribution in [0.2, 0.25) is 0 Å². The number of β-lactam (4-membered cyclic amide) rings is 1. The molecule has 0 bridgehead atoms. The molecule has 26 heavy (non-hydrogen) atoms. The number of thioether (sulfide) groups is 1. The van der Waals surface area contributed by atoms with Crippen molar-refractivity contribution in [2.24, 2.45) is 5.73 Å². The molecule has 0 aromatic carbocycles. The van der Waals surface area contributed by atoms with Crippen LogP contribution in [0.1, 0.15) is 17.5 Å². The highest BCUT2D eigenvalue weighted by molar-refractivity contribution is 8.00. The normalized spacial score (nSPS) is 21.2. The largest absolute Gasteiger partial charge is 0.477 e. The quantitative estimate of drug-likeness (QED) is 0.374. The molecule has 0 spiro atoms. The minimum atomic E-state index is -1.21. The van der Waals surface area contributed by atoms with Crippen LogP contribution in [-0.2, 0) is 19.1 Å². The maximum Gasteiger partial charge on any atom is 0.352 e. The maximum atomic E-state index is 11.6. The molecule has 9 nitrogen and oxygen atoms in total. The molecule has 3 heterocycles. The first-order valence-electron chi connectivity index (χ1n) is 7.29. The van der Waals surface area contributed by atoms with Crippen molar-refractivity contribution >= 4 is 47.4 Å². The molecule has 140 valence electrons. The summed E-state index contributed by atoms with van der Waals surface area (Å²) >= 11 is 4.89. The van der Waals surface area contributed by atoms with Crippen LogP contribution in [0.4, 0.5) is 0 Å². The topological polar surface area (TPSA) is 140 Å². The summed E-state index contributed by atoms with van der Waals surface area (Å²) in [7, 11) is 0. The lowest BCUT2D eigenvalue weighted by Crippen LogP contribution is -2.68. The van der Waals surface area contributed by atoms with Gasteiger partial charge in [-0.25, -0.2) is 4.79 Å². The molecule has 1 amide bonds. The summed E-state index contributed by atoms with van der Waals surface area (Å²) in [6.07, 6.45) is 1.43. The van der Waals surface area contributed by atoms with Crippen molar-refractivity contribution in [3.8, 4) is 0 Å². The Kier molecular flexibility index (Phi) is 6.51. The number of carbonyl (C=O) groups excluding carboxylic acids is 3. The van der Waals surface area contributed by atoms with Crippen LogP contribution in [0.5, 0.6) is 0 Å². The van der Waals surface area contributed by atoms with Gasteiger partial charge in [-0.1, -0.05) is 12.6 Å². The molecule has 0 radical (unpaired) electrons. The Bertz CT molecular complexity index is 760. The number of carbonyl (C=O) groups is 4. The average molecular weight is 400 g/mol. The third-order valence-electron chi connectivity index (χ3n) is 3.47. The van der Waals surface area contributed by atoms with Gasteiger partial charge in [0.1, 0.15) is 23.7 Å². The van der Waals surface area contributed by atoms with E-state index in [1.807, 2.05) is 0 Å². The van der Waals surface area contributed by atoms with E-state index in [-0.39, 0.29) is 28.6 Å². The Morgan fingerprint density at radius 1 is 1.50 bits per heavy atom. The number of rotatable bonds is 4. The summed E-state index contributed by atoms with van der Waals surface area (Å²) in [5.41, 5.74) is 5.90. The van der Waals surface area contributed by atoms with Gasteiger partial charge in [-0.3, -0.25) is 19.3 Å². The van der Waals surface area contributed by atoms with Gasteiger partial charge in [-0.05, 0) is 12.1 Å². The van der Waals surface area contributed by atoms with Crippen molar-refractivity contribution in [2.75, 3.05) is 12.4 Å². The van der Waals surface area contributed by atoms with Gasteiger partial charge in [0, 0.05) is 18.2 Å². The van der Waals surface area contributed by atoms with Crippen LogP contribution in [0.3, 0.4) is 0 Å². The van der Waals surface area contributed by atoms with Crippen molar-refractivity contribution in [1.82, 2.24) is 4.90 Å². The van der Waals surface area contributed by atoms with Gasteiger partial charge in [-0.2, -0.15) is 0 Å². The summed E-state index contributed by atoms with van der Waals surface area (Å²) in [4.78, 5) is 45.0. The average Bonchev–Trinajstić information content (AvgIpc) is 3.13. The molecule has 0 aliphatic carbocycles. The smallest absolute Gasteiger partial charge is 0.352 e. The summed E-state index contributed by atoms with van der Waals surface area (Å²) in [5.74, 6) is -1.44. The first-order chi connectivity index (χ1) is 12.2. The van der Waals surface area contributed by atoms with E-state index in [2.05, 4.69) is 17.0 Å². The van der Waals surface area contributed by atoms with Crippen LogP contribution in [0.15, 0.2) is 34.1 Å². The fraction of sp³-hybridized carbons (Fsp3) is 0.333. The number of hydrogen-bond donors (Lipinski definition) is 3. The molecule has 1 fully saturated rings. The Morgan fingerprint density at radius 3 is 2.65 bits per heavy atom. The third kappa shape index (κ3) is 4.29. The fourth-order valence-electron chi connectivity index (χ4n) is 2.28. The van der Waals surface area contributed by atoms with Gasteiger partial charge < -0.3 is 20.0 Å². The Hall–Kier alpha value is -2.24. The lowest BCUT2D eigenvalue weighted by molar-refractivity contribution is -0.148. The van der Waals surface area contributed by atoms with Gasteiger partial charge in [0.2, 0.25) is 5.91 Å². The Balaban J connectivity index is 0.000000254. The number of hydrogen-bond acceptors (Lipinski definition) is 8. The third-order valence-corrected chi connectivity index (χ3v) is 5.05. The zero-order chi connectivity index (χ0) is 19.4. The number of amides is 1. The number of thiol groups is 1. The van der Waals surface area contributed by atoms with Gasteiger partial charge >= 0.3 is 11.9 Å². The number of ether oxygens (including phenoxy) is 1. The molecule has 11 heteroatoms. The highest BCUT2D eigenvalue weighted by Crippen LogP contribution is 2.39. The zero-order valence-corrected chi connectivity index (χ0v) is 15.3. The summed E-state index contributed by atoms with van der Waals surface area (Å²) < 4.78 is 9.46. The summed E-state index contributed by atoms with van der Waals surface area (Å²) in [5, 5.41) is 8.49. The van der Waals surface area contributed by atoms with Crippen LogP contribution in [0, 0.1) is 0 Å². The van der Waals surface area contributed by atoms with Gasteiger partial charge in [-0.15, -0.1) is 11.8 Å². The molecule has 1 aromatic rings. The van der Waals surface area contributed by atoms with Gasteiger partial charge in [0.05, 0.1) is 6.26 Å².